The van der Waals surface area contributed by atoms with Gasteiger partial charge >= 0.3 is 5.97 Å². The fraction of sp³-hybridized carbons (Fsp3) is 0.455. The highest BCUT2D eigenvalue weighted by atomic mass is 32.2. The van der Waals surface area contributed by atoms with Crippen LogP contribution in [-0.4, -0.2) is 39.5 Å². The summed E-state index contributed by atoms with van der Waals surface area (Å²) in [5, 5.41) is 12.8. The first-order valence-electron chi connectivity index (χ1n) is 10.6. The number of hydrogen-bond acceptors (Lipinski definition) is 8. The van der Waals surface area contributed by atoms with E-state index in [9.17, 15) is 9.59 Å². The van der Waals surface area contributed by atoms with Crippen LogP contribution in [0.15, 0.2) is 28.0 Å². The van der Waals surface area contributed by atoms with E-state index in [1.807, 2.05) is 16.7 Å². The van der Waals surface area contributed by atoms with Gasteiger partial charge in [-0.3, -0.25) is 9.36 Å². The van der Waals surface area contributed by atoms with Gasteiger partial charge in [-0.2, -0.15) is 0 Å². The molecule has 0 aromatic carbocycles. The molecule has 1 amide bonds. The number of nitrogens with one attached hydrogen (secondary N) is 1. The average Bonchev–Trinajstić information content (AvgIpc) is 3.50. The van der Waals surface area contributed by atoms with E-state index in [2.05, 4.69) is 29.4 Å². The quantitative estimate of drug-likeness (QED) is 0.379. The van der Waals surface area contributed by atoms with Gasteiger partial charge in [-0.25, -0.2) is 4.79 Å². The zero-order valence-corrected chi connectivity index (χ0v) is 20.0. The number of hydrogen-bond donors (Lipinski definition) is 1. The Bertz CT molecular complexity index is 1100. The highest BCUT2D eigenvalue weighted by molar-refractivity contribution is 7.99. The number of thioether (sulfide) groups is 1. The molecule has 3 aromatic rings. The van der Waals surface area contributed by atoms with Crippen LogP contribution in [0.1, 0.15) is 65.0 Å². The number of carbonyl (C=O) groups is 2. The molecule has 0 atom stereocenters. The number of ether oxygens (including phenoxy) is 1. The number of aromatic nitrogens is 3. The van der Waals surface area contributed by atoms with E-state index in [4.69, 9.17) is 9.15 Å². The van der Waals surface area contributed by atoms with Crippen molar-refractivity contribution < 1.29 is 18.7 Å². The van der Waals surface area contributed by atoms with Gasteiger partial charge in [0.25, 0.3) is 0 Å². The number of thiophene rings is 1. The fourth-order valence-corrected chi connectivity index (χ4v) is 5.84. The van der Waals surface area contributed by atoms with Crippen LogP contribution >= 0.6 is 23.1 Å². The predicted octanol–water partition coefficient (Wildman–Crippen LogP) is 4.50. The second-order valence-electron chi connectivity index (χ2n) is 7.90. The Kier molecular flexibility index (Phi) is 7.00. The Morgan fingerprint density at radius 3 is 2.84 bits per heavy atom. The molecule has 1 aliphatic rings. The van der Waals surface area contributed by atoms with Crippen molar-refractivity contribution in [3.8, 4) is 0 Å². The predicted molar refractivity (Wildman–Crippen MR) is 124 cm³/mol. The Labute approximate surface area is 194 Å². The first-order chi connectivity index (χ1) is 15.5. The van der Waals surface area contributed by atoms with Crippen molar-refractivity contribution in [3.63, 3.8) is 0 Å². The van der Waals surface area contributed by atoms with Crippen LogP contribution in [0, 0.1) is 0 Å². The highest BCUT2D eigenvalue weighted by Gasteiger charge is 2.27. The number of carbonyl (C=O) groups excluding carboxylic acids is 2. The largest absolute Gasteiger partial charge is 0.467 e. The summed E-state index contributed by atoms with van der Waals surface area (Å²) in [6, 6.07) is 3.74. The van der Waals surface area contributed by atoms with Gasteiger partial charge in [0.1, 0.15) is 16.6 Å². The molecule has 3 aromatic heterocycles. The first kappa shape index (κ1) is 22.6. The summed E-state index contributed by atoms with van der Waals surface area (Å²) in [5.41, 5.74) is 1.53. The lowest BCUT2D eigenvalue weighted by molar-refractivity contribution is -0.113. The minimum absolute atomic E-state index is 0.150. The molecule has 0 unspecified atom stereocenters. The summed E-state index contributed by atoms with van der Waals surface area (Å²) in [5.74, 6) is 1.37. The molecule has 3 heterocycles. The minimum Gasteiger partial charge on any atom is -0.467 e. The van der Waals surface area contributed by atoms with Crippen molar-refractivity contribution in [1.29, 1.82) is 0 Å². The number of rotatable bonds is 8. The molecule has 10 heteroatoms. The third-order valence-corrected chi connectivity index (χ3v) is 7.48. The van der Waals surface area contributed by atoms with Crippen molar-refractivity contribution in [2.75, 3.05) is 18.2 Å². The first-order valence-corrected chi connectivity index (χ1v) is 12.4. The number of amides is 1. The SMILES string of the molecule is COC(=O)c1c(NC(=O)CSc2nnc(C(C)C)n2Cc2ccco2)sc2c1CCCC2. The molecule has 0 fully saturated rings. The monoisotopic (exact) mass is 474 g/mol. The van der Waals surface area contributed by atoms with Crippen LogP contribution in [0.3, 0.4) is 0 Å². The third-order valence-electron chi connectivity index (χ3n) is 5.30. The molecule has 0 bridgehead atoms. The van der Waals surface area contributed by atoms with E-state index in [0.29, 0.717) is 22.3 Å². The maximum Gasteiger partial charge on any atom is 0.341 e. The number of furan rings is 1. The molecular formula is C22H26N4O4S2. The van der Waals surface area contributed by atoms with Crippen LogP contribution in [0.25, 0.3) is 0 Å². The lowest BCUT2D eigenvalue weighted by Crippen LogP contribution is -2.17. The Morgan fingerprint density at radius 2 is 2.12 bits per heavy atom. The number of nitrogens with zero attached hydrogens (tertiary/aromatic N) is 3. The van der Waals surface area contributed by atoms with Crippen molar-refractivity contribution in [3.05, 3.63) is 46.0 Å². The third kappa shape index (κ3) is 4.75. The van der Waals surface area contributed by atoms with Crippen LogP contribution in [0.5, 0.6) is 0 Å². The summed E-state index contributed by atoms with van der Waals surface area (Å²) in [6.07, 6.45) is 5.55. The zero-order chi connectivity index (χ0) is 22.7. The summed E-state index contributed by atoms with van der Waals surface area (Å²) < 4.78 is 12.4. The number of fused-ring (bicyclic) bond motifs is 1. The van der Waals surface area contributed by atoms with E-state index in [1.165, 1.54) is 35.1 Å². The lowest BCUT2D eigenvalue weighted by atomic mass is 9.95. The van der Waals surface area contributed by atoms with E-state index in [1.54, 1.807) is 6.26 Å². The van der Waals surface area contributed by atoms with E-state index in [0.717, 1.165) is 42.8 Å². The standard InChI is InChI=1S/C22H26N4O4S2/c1-13(2)19-24-25-22(26(19)11-14-7-6-10-30-14)31-12-17(27)23-20-18(21(28)29-3)15-8-4-5-9-16(15)32-20/h6-7,10,13H,4-5,8-9,11-12H2,1-3H3,(H,23,27). The van der Waals surface area contributed by atoms with Gasteiger partial charge < -0.3 is 14.5 Å². The molecule has 0 saturated carbocycles. The zero-order valence-electron chi connectivity index (χ0n) is 18.3. The molecular weight excluding hydrogens is 448 g/mol. The number of aryl methyl sites for hydroxylation is 1. The molecule has 0 aliphatic heterocycles. The maximum atomic E-state index is 12.8. The fourth-order valence-electron chi connectivity index (χ4n) is 3.81. The number of anilines is 1. The number of methoxy groups -OCH3 is 1. The van der Waals surface area contributed by atoms with E-state index < -0.39 is 5.97 Å². The molecule has 0 saturated heterocycles. The molecule has 0 spiro atoms. The Hall–Kier alpha value is -2.59. The van der Waals surface area contributed by atoms with E-state index in [-0.39, 0.29) is 17.6 Å². The Balaban J connectivity index is 1.48. The van der Waals surface area contributed by atoms with Gasteiger partial charge in [-0.1, -0.05) is 25.6 Å². The molecule has 32 heavy (non-hydrogen) atoms. The second kappa shape index (κ2) is 9.91. The van der Waals surface area contributed by atoms with Gasteiger partial charge in [-0.05, 0) is 43.4 Å². The second-order valence-corrected chi connectivity index (χ2v) is 9.95. The summed E-state index contributed by atoms with van der Waals surface area (Å²) in [4.78, 5) is 26.3. The molecule has 0 radical (unpaired) electrons. The topological polar surface area (TPSA) is 99.2 Å². The van der Waals surface area contributed by atoms with Crippen molar-refractivity contribution >= 4 is 40.0 Å². The highest BCUT2D eigenvalue weighted by Crippen LogP contribution is 2.38. The van der Waals surface area contributed by atoms with Gasteiger partial charge in [0, 0.05) is 10.8 Å². The molecule has 8 nitrogen and oxygen atoms in total. The molecule has 170 valence electrons. The summed E-state index contributed by atoms with van der Waals surface area (Å²) >= 11 is 2.80. The van der Waals surface area contributed by atoms with Crippen molar-refractivity contribution in [2.45, 2.75) is 57.1 Å². The molecule has 1 N–H and O–H groups in total. The summed E-state index contributed by atoms with van der Waals surface area (Å²) in [6.45, 7) is 4.61. The van der Waals surface area contributed by atoms with Gasteiger partial charge in [-0.15, -0.1) is 21.5 Å². The smallest absolute Gasteiger partial charge is 0.341 e. The van der Waals surface area contributed by atoms with Gasteiger partial charge in [0.2, 0.25) is 5.91 Å². The van der Waals surface area contributed by atoms with Crippen LogP contribution in [0.4, 0.5) is 5.00 Å². The normalized spacial score (nSPS) is 13.2. The van der Waals surface area contributed by atoms with Crippen LogP contribution in [0.2, 0.25) is 0 Å². The summed E-state index contributed by atoms with van der Waals surface area (Å²) in [7, 11) is 1.37. The average molecular weight is 475 g/mol. The molecule has 1 aliphatic carbocycles. The minimum atomic E-state index is -0.396. The maximum absolute atomic E-state index is 12.8. The molecule has 4 rings (SSSR count). The van der Waals surface area contributed by atoms with Crippen molar-refractivity contribution in [2.24, 2.45) is 0 Å². The number of esters is 1. The van der Waals surface area contributed by atoms with Crippen LogP contribution < -0.4 is 5.32 Å². The van der Waals surface area contributed by atoms with Gasteiger partial charge in [0.15, 0.2) is 5.16 Å². The van der Waals surface area contributed by atoms with Crippen LogP contribution in [-0.2, 0) is 28.9 Å². The van der Waals surface area contributed by atoms with E-state index >= 15 is 0 Å². The lowest BCUT2D eigenvalue weighted by Gasteiger charge is -2.12. The van der Waals surface area contributed by atoms with Crippen molar-refractivity contribution in [1.82, 2.24) is 14.8 Å². The van der Waals surface area contributed by atoms with Gasteiger partial charge in [0.05, 0.1) is 31.2 Å². The Morgan fingerprint density at radius 1 is 1.31 bits per heavy atom.